The quantitative estimate of drug-likeness (QED) is 0.698. The normalized spacial score (nSPS) is 23.6. The minimum atomic E-state index is -4.45. The molecular formula is C21H25F4N5. The van der Waals surface area contributed by atoms with E-state index >= 15 is 0 Å². The van der Waals surface area contributed by atoms with Crippen molar-refractivity contribution in [1.82, 2.24) is 19.9 Å². The van der Waals surface area contributed by atoms with Crippen LogP contribution in [-0.2, 0) is 6.18 Å². The van der Waals surface area contributed by atoms with Gasteiger partial charge in [0, 0.05) is 29.8 Å². The number of likely N-dealkylation sites (tertiary alicyclic amines) is 1. The molecule has 0 spiro atoms. The summed E-state index contributed by atoms with van der Waals surface area (Å²) in [5.41, 5.74) is 0.0887. The average molecular weight is 423 g/mol. The molecule has 0 amide bonds. The lowest BCUT2D eigenvalue weighted by atomic mass is 9.93. The Balaban J connectivity index is 1.64. The van der Waals surface area contributed by atoms with Gasteiger partial charge in [-0.15, -0.1) is 0 Å². The second kappa shape index (κ2) is 8.45. The summed E-state index contributed by atoms with van der Waals surface area (Å²) in [6.07, 6.45) is -0.727. The Morgan fingerprint density at radius 1 is 1.00 bits per heavy atom. The van der Waals surface area contributed by atoms with Crippen LogP contribution in [0.3, 0.4) is 0 Å². The maximum atomic E-state index is 13.8. The van der Waals surface area contributed by atoms with E-state index in [9.17, 15) is 17.6 Å². The van der Waals surface area contributed by atoms with Crippen LogP contribution < -0.4 is 5.32 Å². The van der Waals surface area contributed by atoms with Gasteiger partial charge in [-0.3, -0.25) is 0 Å². The SMILES string of the molecule is CN1CCC(c2cc(Nc3cc(C(F)(F)F)ccn3)nc(C3CC[C@H](F)C3)n2)CC1. The number of halogens is 4. The minimum Gasteiger partial charge on any atom is -0.325 e. The van der Waals surface area contributed by atoms with Gasteiger partial charge in [-0.1, -0.05) is 0 Å². The number of nitrogens with one attached hydrogen (secondary N) is 1. The van der Waals surface area contributed by atoms with Crippen LogP contribution >= 0.6 is 0 Å². The van der Waals surface area contributed by atoms with Crippen molar-refractivity contribution in [1.29, 1.82) is 0 Å². The van der Waals surface area contributed by atoms with E-state index in [2.05, 4.69) is 27.2 Å². The summed E-state index contributed by atoms with van der Waals surface area (Å²) in [6.45, 7) is 1.91. The maximum Gasteiger partial charge on any atom is 0.416 e. The number of rotatable bonds is 4. The van der Waals surface area contributed by atoms with Gasteiger partial charge in [0.1, 0.15) is 23.6 Å². The Kier molecular flexibility index (Phi) is 5.90. The van der Waals surface area contributed by atoms with Crippen LogP contribution in [0.15, 0.2) is 24.4 Å². The van der Waals surface area contributed by atoms with Crippen LogP contribution in [0, 0.1) is 0 Å². The fourth-order valence-corrected chi connectivity index (χ4v) is 4.21. The third kappa shape index (κ3) is 4.88. The van der Waals surface area contributed by atoms with Crippen LogP contribution in [0.5, 0.6) is 0 Å². The third-order valence-corrected chi connectivity index (χ3v) is 5.98. The highest BCUT2D eigenvalue weighted by Gasteiger charge is 2.31. The van der Waals surface area contributed by atoms with Gasteiger partial charge >= 0.3 is 6.18 Å². The van der Waals surface area contributed by atoms with Gasteiger partial charge in [0.15, 0.2) is 0 Å². The zero-order valence-corrected chi connectivity index (χ0v) is 16.8. The molecule has 2 fully saturated rings. The topological polar surface area (TPSA) is 53.9 Å². The lowest BCUT2D eigenvalue weighted by Crippen LogP contribution is -2.29. The number of aromatic nitrogens is 3. The smallest absolute Gasteiger partial charge is 0.325 e. The van der Waals surface area contributed by atoms with Crippen molar-refractivity contribution >= 4 is 11.6 Å². The number of hydrogen-bond acceptors (Lipinski definition) is 5. The zero-order chi connectivity index (χ0) is 21.3. The van der Waals surface area contributed by atoms with Gasteiger partial charge in [-0.25, -0.2) is 19.3 Å². The predicted octanol–water partition coefficient (Wildman–Crippen LogP) is 5.05. The van der Waals surface area contributed by atoms with Gasteiger partial charge in [0.05, 0.1) is 5.56 Å². The first-order chi connectivity index (χ1) is 14.3. The lowest BCUT2D eigenvalue weighted by Gasteiger charge is -2.29. The molecule has 2 atom stereocenters. The molecule has 2 aromatic rings. The van der Waals surface area contributed by atoms with E-state index in [1.54, 1.807) is 6.07 Å². The fourth-order valence-electron chi connectivity index (χ4n) is 4.21. The van der Waals surface area contributed by atoms with Crippen LogP contribution in [0.2, 0.25) is 0 Å². The van der Waals surface area contributed by atoms with Gasteiger partial charge in [0.2, 0.25) is 0 Å². The number of alkyl halides is 4. The van der Waals surface area contributed by atoms with Crippen LogP contribution in [0.25, 0.3) is 0 Å². The Labute approximate surface area is 172 Å². The molecule has 1 unspecified atom stereocenters. The summed E-state index contributed by atoms with van der Waals surface area (Å²) in [6, 6.07) is 3.69. The number of nitrogens with zero attached hydrogens (tertiary/aromatic N) is 4. The molecule has 1 saturated heterocycles. The molecule has 162 valence electrons. The van der Waals surface area contributed by atoms with E-state index in [4.69, 9.17) is 4.98 Å². The van der Waals surface area contributed by atoms with E-state index in [1.165, 1.54) is 0 Å². The van der Waals surface area contributed by atoms with Crippen molar-refractivity contribution in [3.63, 3.8) is 0 Å². The molecule has 1 aliphatic heterocycles. The van der Waals surface area contributed by atoms with Crippen molar-refractivity contribution in [2.45, 2.75) is 56.3 Å². The summed E-state index contributed by atoms with van der Waals surface area (Å²) in [7, 11) is 2.08. The van der Waals surface area contributed by atoms with E-state index in [1.807, 2.05) is 0 Å². The highest BCUT2D eigenvalue weighted by Crippen LogP contribution is 2.37. The van der Waals surface area contributed by atoms with Crippen molar-refractivity contribution < 1.29 is 17.6 Å². The molecule has 30 heavy (non-hydrogen) atoms. The molecule has 0 radical (unpaired) electrons. The summed E-state index contributed by atoms with van der Waals surface area (Å²) in [5, 5.41) is 2.91. The second-order valence-electron chi connectivity index (χ2n) is 8.27. The van der Waals surface area contributed by atoms with Crippen molar-refractivity contribution in [3.8, 4) is 0 Å². The number of anilines is 2. The zero-order valence-electron chi connectivity index (χ0n) is 16.8. The standard InChI is InChI=1S/C21H25F4N5/c1-30-8-5-13(6-9-30)17-12-19(29-20(27-17)14-2-3-16(22)10-14)28-18-11-15(4-7-26-18)21(23,24)25/h4,7,11-14,16H,2-3,5-6,8-10H2,1H3,(H,26,27,28,29)/t14?,16-/m0/s1. The first kappa shape index (κ1) is 21.0. The fraction of sp³-hybridized carbons (Fsp3) is 0.571. The van der Waals surface area contributed by atoms with Crippen LogP contribution in [-0.4, -0.2) is 46.2 Å². The average Bonchev–Trinajstić information content (AvgIpc) is 3.14. The summed E-state index contributed by atoms with van der Waals surface area (Å²) in [4.78, 5) is 15.5. The Bertz CT molecular complexity index is 880. The molecule has 2 aromatic heterocycles. The summed E-state index contributed by atoms with van der Waals surface area (Å²) < 4.78 is 52.9. The summed E-state index contributed by atoms with van der Waals surface area (Å²) >= 11 is 0. The molecule has 1 aliphatic carbocycles. The lowest BCUT2D eigenvalue weighted by molar-refractivity contribution is -0.137. The van der Waals surface area contributed by atoms with E-state index in [0.717, 1.165) is 50.0 Å². The van der Waals surface area contributed by atoms with E-state index < -0.39 is 17.9 Å². The molecule has 0 bridgehead atoms. The van der Waals surface area contributed by atoms with Gasteiger partial charge in [-0.05, 0) is 64.4 Å². The first-order valence-corrected chi connectivity index (χ1v) is 10.3. The van der Waals surface area contributed by atoms with Gasteiger partial charge < -0.3 is 10.2 Å². The van der Waals surface area contributed by atoms with Crippen molar-refractivity contribution in [2.75, 3.05) is 25.5 Å². The third-order valence-electron chi connectivity index (χ3n) is 5.98. The van der Waals surface area contributed by atoms with E-state index in [0.29, 0.717) is 30.9 Å². The molecule has 1 N–H and O–H groups in total. The maximum absolute atomic E-state index is 13.8. The Morgan fingerprint density at radius 3 is 2.43 bits per heavy atom. The molecular weight excluding hydrogens is 398 g/mol. The largest absolute Gasteiger partial charge is 0.416 e. The molecule has 9 heteroatoms. The molecule has 5 nitrogen and oxygen atoms in total. The molecule has 0 aromatic carbocycles. The van der Waals surface area contributed by atoms with Crippen LogP contribution in [0.1, 0.15) is 61.0 Å². The number of pyridine rings is 1. The predicted molar refractivity (Wildman–Crippen MR) is 106 cm³/mol. The molecule has 4 rings (SSSR count). The monoisotopic (exact) mass is 423 g/mol. The van der Waals surface area contributed by atoms with Gasteiger partial charge in [0.25, 0.3) is 0 Å². The van der Waals surface area contributed by atoms with Crippen molar-refractivity contribution in [2.24, 2.45) is 0 Å². The Hall–Kier alpha value is -2.29. The first-order valence-electron chi connectivity index (χ1n) is 10.3. The molecule has 1 saturated carbocycles. The van der Waals surface area contributed by atoms with E-state index in [-0.39, 0.29) is 17.7 Å². The van der Waals surface area contributed by atoms with Crippen LogP contribution in [0.4, 0.5) is 29.2 Å². The molecule has 3 heterocycles. The highest BCUT2D eigenvalue weighted by atomic mass is 19.4. The van der Waals surface area contributed by atoms with Gasteiger partial charge in [-0.2, -0.15) is 13.2 Å². The van der Waals surface area contributed by atoms with Crippen molar-refractivity contribution in [3.05, 3.63) is 41.5 Å². The summed E-state index contributed by atoms with van der Waals surface area (Å²) in [5.74, 6) is 1.23. The minimum absolute atomic E-state index is 0.0681. The number of piperidine rings is 1. The Morgan fingerprint density at radius 2 is 1.77 bits per heavy atom. The number of hydrogen-bond donors (Lipinski definition) is 1. The molecule has 2 aliphatic rings. The highest BCUT2D eigenvalue weighted by molar-refractivity contribution is 5.53. The second-order valence-corrected chi connectivity index (χ2v) is 8.27.